The van der Waals surface area contributed by atoms with Gasteiger partial charge in [-0.1, -0.05) is 18.2 Å². The minimum absolute atomic E-state index is 0.171. The van der Waals surface area contributed by atoms with E-state index in [4.69, 9.17) is 4.42 Å². The number of furan rings is 1. The quantitative estimate of drug-likeness (QED) is 0.420. The zero-order valence-electron chi connectivity index (χ0n) is 15.6. The molecule has 0 spiro atoms. The van der Waals surface area contributed by atoms with E-state index >= 15 is 0 Å². The molecule has 4 amide bonds. The predicted molar refractivity (Wildman–Crippen MR) is 98.1 cm³/mol. The molecule has 1 aliphatic rings. The van der Waals surface area contributed by atoms with Gasteiger partial charge in [0.2, 0.25) is 5.91 Å². The largest absolute Gasteiger partial charge is 0.469 e. The summed E-state index contributed by atoms with van der Waals surface area (Å²) in [6, 6.07) is 8.29. The maximum Gasteiger partial charge on any atom is 0.325 e. The molecule has 9 heteroatoms. The summed E-state index contributed by atoms with van der Waals surface area (Å²) in [4.78, 5) is 49.1. The second-order valence-electron chi connectivity index (χ2n) is 6.62. The normalized spacial score (nSPS) is 19.0. The highest BCUT2D eigenvalue weighted by Gasteiger charge is 2.51. The average molecular weight is 387 g/mol. The smallest absolute Gasteiger partial charge is 0.325 e. The van der Waals surface area contributed by atoms with E-state index in [9.17, 15) is 19.2 Å². The van der Waals surface area contributed by atoms with E-state index in [2.05, 4.69) is 15.4 Å². The van der Waals surface area contributed by atoms with Crippen LogP contribution in [0.15, 0.2) is 34.7 Å². The fourth-order valence-electron chi connectivity index (χ4n) is 3.00. The van der Waals surface area contributed by atoms with Gasteiger partial charge in [-0.2, -0.15) is 0 Å². The fraction of sp³-hybridized carbons (Fsp3) is 0.368. The number of rotatable bonds is 7. The van der Waals surface area contributed by atoms with Gasteiger partial charge in [-0.15, -0.1) is 0 Å². The Bertz CT molecular complexity index is 904. The third-order valence-electron chi connectivity index (χ3n) is 4.60. The second kappa shape index (κ2) is 7.71. The van der Waals surface area contributed by atoms with Crippen LogP contribution >= 0.6 is 0 Å². The number of hydrogen-bond donors (Lipinski definition) is 2. The molecular formula is C19H21N3O6. The number of ether oxygens (including phenoxy) is 1. The third kappa shape index (κ3) is 3.68. The van der Waals surface area contributed by atoms with Gasteiger partial charge in [0, 0.05) is 18.4 Å². The topological polar surface area (TPSA) is 118 Å². The molecule has 2 N–H and O–H groups in total. The second-order valence-corrected chi connectivity index (χ2v) is 6.62. The van der Waals surface area contributed by atoms with Crippen LogP contribution in [0.1, 0.15) is 25.5 Å². The van der Waals surface area contributed by atoms with Crippen molar-refractivity contribution in [1.82, 2.24) is 15.5 Å². The van der Waals surface area contributed by atoms with E-state index in [1.807, 2.05) is 18.2 Å². The van der Waals surface area contributed by atoms with Crippen LogP contribution in [-0.2, 0) is 24.7 Å². The van der Waals surface area contributed by atoms with Gasteiger partial charge in [-0.25, -0.2) is 4.79 Å². The molecule has 2 aromatic rings. The van der Waals surface area contributed by atoms with Gasteiger partial charge in [0.15, 0.2) is 5.54 Å². The molecule has 0 aliphatic carbocycles. The van der Waals surface area contributed by atoms with E-state index in [-0.39, 0.29) is 18.9 Å². The summed E-state index contributed by atoms with van der Waals surface area (Å²) in [6.45, 7) is 1.36. The van der Waals surface area contributed by atoms with Crippen LogP contribution in [0, 0.1) is 0 Å². The van der Waals surface area contributed by atoms with Crippen LogP contribution in [0.3, 0.4) is 0 Å². The summed E-state index contributed by atoms with van der Waals surface area (Å²) >= 11 is 0. The zero-order chi connectivity index (χ0) is 20.3. The van der Waals surface area contributed by atoms with E-state index in [1.165, 1.54) is 7.11 Å². The lowest BCUT2D eigenvalue weighted by molar-refractivity contribution is -0.140. The molecule has 9 nitrogen and oxygen atoms in total. The number of urea groups is 1. The van der Waals surface area contributed by atoms with Crippen molar-refractivity contribution in [2.75, 3.05) is 20.2 Å². The number of imide groups is 1. The monoisotopic (exact) mass is 387 g/mol. The number of fused-ring (bicyclic) bond motifs is 1. The number of methoxy groups -OCH3 is 1. The molecule has 3 rings (SSSR count). The van der Waals surface area contributed by atoms with Crippen LogP contribution in [0.4, 0.5) is 4.79 Å². The molecule has 1 aromatic heterocycles. The van der Waals surface area contributed by atoms with Gasteiger partial charge in [-0.3, -0.25) is 19.3 Å². The number of carbonyl (C=O) groups is 4. The predicted octanol–water partition coefficient (Wildman–Crippen LogP) is 1.27. The Morgan fingerprint density at radius 3 is 2.75 bits per heavy atom. The van der Waals surface area contributed by atoms with Crippen molar-refractivity contribution in [1.29, 1.82) is 0 Å². The minimum atomic E-state index is -1.39. The van der Waals surface area contributed by atoms with Gasteiger partial charge < -0.3 is 19.8 Å². The van der Waals surface area contributed by atoms with Crippen LogP contribution < -0.4 is 10.6 Å². The number of hydrogen-bond acceptors (Lipinski definition) is 6. The van der Waals surface area contributed by atoms with Crippen molar-refractivity contribution in [3.8, 4) is 0 Å². The van der Waals surface area contributed by atoms with Crippen molar-refractivity contribution in [2.24, 2.45) is 0 Å². The number of nitrogens with one attached hydrogen (secondary N) is 2. The van der Waals surface area contributed by atoms with E-state index in [0.717, 1.165) is 10.3 Å². The molecule has 1 unspecified atom stereocenters. The summed E-state index contributed by atoms with van der Waals surface area (Å²) in [5.74, 6) is -1.14. The highest BCUT2D eigenvalue weighted by Crippen LogP contribution is 2.32. The zero-order valence-corrected chi connectivity index (χ0v) is 15.6. The van der Waals surface area contributed by atoms with Crippen LogP contribution in [0.2, 0.25) is 0 Å². The number of amides is 4. The summed E-state index contributed by atoms with van der Waals surface area (Å²) < 4.78 is 10.2. The maximum absolute atomic E-state index is 12.8. The Morgan fingerprint density at radius 1 is 1.29 bits per heavy atom. The number of esters is 1. The molecule has 1 fully saturated rings. The SMILES string of the molecule is COC(=O)CCCNC(=O)CN1C(=O)NC(C)(c2cc3ccccc3o2)C1=O. The standard InChI is InChI=1S/C19H21N3O6/c1-19(14-10-12-6-3-4-7-13(12)28-14)17(25)22(18(26)21-19)11-15(23)20-9-5-8-16(24)27-2/h3-4,6-7,10H,5,8-9,11H2,1-2H3,(H,20,23)(H,21,26). The third-order valence-corrected chi connectivity index (χ3v) is 4.60. The van der Waals surface area contributed by atoms with Crippen molar-refractivity contribution >= 4 is 34.8 Å². The molecule has 1 aliphatic heterocycles. The van der Waals surface area contributed by atoms with Crippen molar-refractivity contribution in [3.05, 3.63) is 36.1 Å². The molecule has 1 atom stereocenters. The van der Waals surface area contributed by atoms with Gasteiger partial charge in [-0.05, 0) is 25.5 Å². The highest BCUT2D eigenvalue weighted by molar-refractivity contribution is 6.09. The summed E-state index contributed by atoms with van der Waals surface area (Å²) in [6.07, 6.45) is 0.569. The molecule has 0 saturated carbocycles. The lowest BCUT2D eigenvalue weighted by Crippen LogP contribution is -2.43. The van der Waals surface area contributed by atoms with Crippen molar-refractivity contribution in [2.45, 2.75) is 25.3 Å². The van der Waals surface area contributed by atoms with E-state index in [0.29, 0.717) is 17.8 Å². The van der Waals surface area contributed by atoms with Crippen LogP contribution in [0.25, 0.3) is 11.0 Å². The maximum atomic E-state index is 12.8. The van der Waals surface area contributed by atoms with Gasteiger partial charge in [0.05, 0.1) is 7.11 Å². The molecule has 0 radical (unpaired) electrons. The summed E-state index contributed by atoms with van der Waals surface area (Å²) in [5, 5.41) is 5.99. The first kappa shape index (κ1) is 19.4. The molecule has 1 saturated heterocycles. The van der Waals surface area contributed by atoms with Crippen molar-refractivity contribution in [3.63, 3.8) is 0 Å². The molecule has 0 bridgehead atoms. The molecule has 28 heavy (non-hydrogen) atoms. The Kier molecular flexibility index (Phi) is 5.34. The summed E-state index contributed by atoms with van der Waals surface area (Å²) in [5.41, 5.74) is -0.788. The van der Waals surface area contributed by atoms with Crippen molar-refractivity contribution < 1.29 is 28.3 Å². The van der Waals surface area contributed by atoms with Gasteiger partial charge >= 0.3 is 12.0 Å². The van der Waals surface area contributed by atoms with Crippen LogP contribution in [0.5, 0.6) is 0 Å². The lowest BCUT2D eigenvalue weighted by Gasteiger charge is -2.18. The molecular weight excluding hydrogens is 366 g/mol. The van der Waals surface area contributed by atoms with E-state index < -0.39 is 29.9 Å². The number of nitrogens with zero attached hydrogens (tertiary/aromatic N) is 1. The Morgan fingerprint density at radius 2 is 2.04 bits per heavy atom. The minimum Gasteiger partial charge on any atom is -0.469 e. The first-order valence-corrected chi connectivity index (χ1v) is 8.82. The van der Waals surface area contributed by atoms with Gasteiger partial charge in [0.1, 0.15) is 17.9 Å². The van der Waals surface area contributed by atoms with E-state index in [1.54, 1.807) is 19.1 Å². The highest BCUT2D eigenvalue weighted by atomic mass is 16.5. The Hall–Kier alpha value is -3.36. The lowest BCUT2D eigenvalue weighted by atomic mass is 9.99. The van der Waals surface area contributed by atoms with Gasteiger partial charge in [0.25, 0.3) is 5.91 Å². The number of benzene rings is 1. The Labute approximate surface area is 161 Å². The van der Waals surface area contributed by atoms with Crippen LogP contribution in [-0.4, -0.2) is 48.9 Å². The summed E-state index contributed by atoms with van der Waals surface area (Å²) in [7, 11) is 1.29. The Balaban J connectivity index is 1.64. The number of para-hydroxylation sites is 1. The number of carbonyl (C=O) groups excluding carboxylic acids is 4. The first-order chi connectivity index (χ1) is 13.3. The average Bonchev–Trinajstić information content (AvgIpc) is 3.21. The molecule has 2 heterocycles. The molecule has 1 aromatic carbocycles. The molecule has 148 valence electrons. The first-order valence-electron chi connectivity index (χ1n) is 8.82. The fourth-order valence-corrected chi connectivity index (χ4v) is 3.00.